The molecule has 0 aliphatic rings. The van der Waals surface area contributed by atoms with Crippen molar-refractivity contribution in [3.63, 3.8) is 0 Å². The Morgan fingerprint density at radius 1 is 1.56 bits per heavy atom. The lowest BCUT2D eigenvalue weighted by Crippen LogP contribution is -2.37. The monoisotopic (exact) mass is 247 g/mol. The molecule has 0 fully saturated rings. The van der Waals surface area contributed by atoms with Crippen molar-refractivity contribution in [3.8, 4) is 0 Å². The maximum atomic E-state index is 12.1. The van der Waals surface area contributed by atoms with Gasteiger partial charge in [-0.05, 0) is 25.0 Å². The number of rotatable bonds is 4. The fourth-order valence-corrected chi connectivity index (χ4v) is 1.79. The molecular formula is C13H17N3O2. The molecular weight excluding hydrogens is 230 g/mol. The van der Waals surface area contributed by atoms with Gasteiger partial charge in [-0.25, -0.2) is 4.98 Å². The summed E-state index contributed by atoms with van der Waals surface area (Å²) in [5.41, 5.74) is 2.28. The van der Waals surface area contributed by atoms with Gasteiger partial charge in [0.15, 0.2) is 0 Å². The van der Waals surface area contributed by atoms with E-state index in [-0.39, 0.29) is 18.6 Å². The molecule has 2 aromatic heterocycles. The number of pyridine rings is 1. The quantitative estimate of drug-likeness (QED) is 0.851. The van der Waals surface area contributed by atoms with E-state index in [1.54, 1.807) is 10.6 Å². The number of aliphatic hydroxyl groups is 1. The average Bonchev–Trinajstić information content (AvgIpc) is 2.78. The van der Waals surface area contributed by atoms with Crippen molar-refractivity contribution < 1.29 is 9.90 Å². The van der Waals surface area contributed by atoms with Crippen LogP contribution in [0, 0.1) is 6.92 Å². The van der Waals surface area contributed by atoms with Gasteiger partial charge in [0.2, 0.25) is 0 Å². The van der Waals surface area contributed by atoms with Crippen LogP contribution in [-0.4, -0.2) is 33.0 Å². The summed E-state index contributed by atoms with van der Waals surface area (Å²) >= 11 is 0. The van der Waals surface area contributed by atoms with Crippen LogP contribution in [0.4, 0.5) is 0 Å². The maximum absolute atomic E-state index is 12.1. The number of aliphatic hydroxyl groups excluding tert-OH is 1. The molecule has 0 spiro atoms. The van der Waals surface area contributed by atoms with Gasteiger partial charge in [0.05, 0.1) is 18.8 Å². The number of hydrogen-bond acceptors (Lipinski definition) is 3. The van der Waals surface area contributed by atoms with E-state index >= 15 is 0 Å². The molecule has 2 heterocycles. The van der Waals surface area contributed by atoms with E-state index in [9.17, 15) is 4.79 Å². The highest BCUT2D eigenvalue weighted by molar-refractivity contribution is 5.93. The molecule has 0 radical (unpaired) electrons. The van der Waals surface area contributed by atoms with Crippen LogP contribution in [0.1, 0.15) is 29.4 Å². The Balaban J connectivity index is 2.30. The predicted octanol–water partition coefficient (Wildman–Crippen LogP) is 1.14. The number of fused-ring (bicyclic) bond motifs is 1. The summed E-state index contributed by atoms with van der Waals surface area (Å²) in [7, 11) is 0. The summed E-state index contributed by atoms with van der Waals surface area (Å²) in [5, 5.41) is 11.9. The van der Waals surface area contributed by atoms with E-state index in [1.165, 1.54) is 0 Å². The Labute approximate surface area is 105 Å². The van der Waals surface area contributed by atoms with E-state index in [4.69, 9.17) is 5.11 Å². The molecule has 0 saturated carbocycles. The molecule has 0 aromatic carbocycles. The number of carbonyl (C=O) groups excluding carboxylic acids is 1. The summed E-state index contributed by atoms with van der Waals surface area (Å²) in [4.78, 5) is 16.3. The standard InChI is InChI=1S/C13H17N3O2/c1-3-10(8-17)15-13(18)11-6-14-12-5-4-9(2)7-16(11)12/h4-7,10,17H,3,8H2,1-2H3,(H,15,18). The van der Waals surface area contributed by atoms with Crippen molar-refractivity contribution in [2.24, 2.45) is 0 Å². The zero-order chi connectivity index (χ0) is 13.1. The molecule has 1 unspecified atom stereocenters. The number of aromatic nitrogens is 2. The number of amides is 1. The Kier molecular flexibility index (Phi) is 3.62. The lowest BCUT2D eigenvalue weighted by molar-refractivity contribution is 0.0909. The molecule has 5 heteroatoms. The number of nitrogens with zero attached hydrogens (tertiary/aromatic N) is 2. The van der Waals surface area contributed by atoms with Gasteiger partial charge in [0.1, 0.15) is 11.3 Å². The van der Waals surface area contributed by atoms with E-state index in [0.29, 0.717) is 12.1 Å². The highest BCUT2D eigenvalue weighted by Gasteiger charge is 2.15. The smallest absolute Gasteiger partial charge is 0.270 e. The molecule has 0 aliphatic heterocycles. The maximum Gasteiger partial charge on any atom is 0.270 e. The van der Waals surface area contributed by atoms with Crippen molar-refractivity contribution in [1.82, 2.24) is 14.7 Å². The molecule has 0 saturated heterocycles. The van der Waals surface area contributed by atoms with Gasteiger partial charge in [-0.15, -0.1) is 0 Å². The Morgan fingerprint density at radius 3 is 3.00 bits per heavy atom. The summed E-state index contributed by atoms with van der Waals surface area (Å²) in [6, 6.07) is 3.61. The third-order valence-corrected chi connectivity index (χ3v) is 2.93. The van der Waals surface area contributed by atoms with E-state index in [2.05, 4.69) is 10.3 Å². The van der Waals surface area contributed by atoms with Gasteiger partial charge < -0.3 is 10.4 Å². The van der Waals surface area contributed by atoms with Crippen LogP contribution in [0.5, 0.6) is 0 Å². The third-order valence-electron chi connectivity index (χ3n) is 2.93. The first kappa shape index (κ1) is 12.6. The highest BCUT2D eigenvalue weighted by Crippen LogP contribution is 2.09. The summed E-state index contributed by atoms with van der Waals surface area (Å²) in [6.07, 6.45) is 4.11. The largest absolute Gasteiger partial charge is 0.394 e. The first-order valence-corrected chi connectivity index (χ1v) is 6.01. The molecule has 2 aromatic rings. The Morgan fingerprint density at radius 2 is 2.33 bits per heavy atom. The average molecular weight is 247 g/mol. The second-order valence-electron chi connectivity index (χ2n) is 4.34. The minimum absolute atomic E-state index is 0.0575. The van der Waals surface area contributed by atoms with Gasteiger partial charge in [-0.1, -0.05) is 13.0 Å². The molecule has 1 amide bonds. The van der Waals surface area contributed by atoms with Crippen molar-refractivity contribution in [2.75, 3.05) is 6.61 Å². The minimum atomic E-state index is -0.215. The lowest BCUT2D eigenvalue weighted by Gasteiger charge is -2.13. The van der Waals surface area contributed by atoms with Gasteiger partial charge >= 0.3 is 0 Å². The zero-order valence-electron chi connectivity index (χ0n) is 10.6. The SMILES string of the molecule is CCC(CO)NC(=O)c1cnc2ccc(C)cn12. The molecule has 0 bridgehead atoms. The number of hydrogen-bond donors (Lipinski definition) is 2. The topological polar surface area (TPSA) is 66.6 Å². The highest BCUT2D eigenvalue weighted by atomic mass is 16.3. The van der Waals surface area contributed by atoms with E-state index in [0.717, 1.165) is 11.2 Å². The van der Waals surface area contributed by atoms with Gasteiger partial charge in [-0.2, -0.15) is 0 Å². The minimum Gasteiger partial charge on any atom is -0.394 e. The van der Waals surface area contributed by atoms with Crippen LogP contribution in [0.15, 0.2) is 24.5 Å². The molecule has 2 rings (SSSR count). The number of nitrogens with one attached hydrogen (secondary N) is 1. The molecule has 18 heavy (non-hydrogen) atoms. The van der Waals surface area contributed by atoms with Crippen LogP contribution in [-0.2, 0) is 0 Å². The van der Waals surface area contributed by atoms with Crippen LogP contribution in [0.25, 0.3) is 5.65 Å². The summed E-state index contributed by atoms with van der Waals surface area (Å²) in [6.45, 7) is 3.82. The van der Waals surface area contributed by atoms with E-state index < -0.39 is 0 Å². The van der Waals surface area contributed by atoms with Gasteiger partial charge in [0, 0.05) is 6.20 Å². The van der Waals surface area contributed by atoms with E-state index in [1.807, 2.05) is 32.2 Å². The van der Waals surface area contributed by atoms with Crippen LogP contribution < -0.4 is 5.32 Å². The number of aryl methyl sites for hydroxylation is 1. The normalized spacial score (nSPS) is 12.6. The fraction of sp³-hybridized carbons (Fsp3) is 0.385. The second kappa shape index (κ2) is 5.18. The second-order valence-corrected chi connectivity index (χ2v) is 4.34. The first-order valence-electron chi connectivity index (χ1n) is 6.01. The molecule has 2 N–H and O–H groups in total. The molecule has 0 aliphatic carbocycles. The van der Waals surface area contributed by atoms with Crippen molar-refractivity contribution >= 4 is 11.6 Å². The summed E-state index contributed by atoms with van der Waals surface area (Å²) in [5.74, 6) is -0.214. The Hall–Kier alpha value is -1.88. The number of carbonyl (C=O) groups is 1. The molecule has 5 nitrogen and oxygen atoms in total. The van der Waals surface area contributed by atoms with Crippen LogP contribution >= 0.6 is 0 Å². The fourth-order valence-electron chi connectivity index (χ4n) is 1.79. The van der Waals surface area contributed by atoms with Gasteiger partial charge in [0.25, 0.3) is 5.91 Å². The Bertz CT molecular complexity index is 558. The molecule has 1 atom stereocenters. The van der Waals surface area contributed by atoms with Crippen LogP contribution in [0.2, 0.25) is 0 Å². The molecule has 96 valence electrons. The van der Waals surface area contributed by atoms with Gasteiger partial charge in [-0.3, -0.25) is 9.20 Å². The lowest BCUT2D eigenvalue weighted by atomic mass is 10.2. The summed E-state index contributed by atoms with van der Waals surface area (Å²) < 4.78 is 1.76. The van der Waals surface area contributed by atoms with Crippen molar-refractivity contribution in [1.29, 1.82) is 0 Å². The van der Waals surface area contributed by atoms with Crippen LogP contribution in [0.3, 0.4) is 0 Å². The number of imidazole rings is 1. The van der Waals surface area contributed by atoms with Crippen molar-refractivity contribution in [3.05, 3.63) is 35.8 Å². The zero-order valence-corrected chi connectivity index (χ0v) is 10.6. The predicted molar refractivity (Wildman–Crippen MR) is 68.6 cm³/mol. The van der Waals surface area contributed by atoms with Crippen molar-refractivity contribution in [2.45, 2.75) is 26.3 Å². The third kappa shape index (κ3) is 2.36. The first-order chi connectivity index (χ1) is 8.65.